The van der Waals surface area contributed by atoms with Gasteiger partial charge in [-0.1, -0.05) is 12.0 Å². The third-order valence-corrected chi connectivity index (χ3v) is 10.1. The van der Waals surface area contributed by atoms with Gasteiger partial charge in [0.1, 0.15) is 48.0 Å². The number of pyridine rings is 4. The summed E-state index contributed by atoms with van der Waals surface area (Å²) in [6, 6.07) is 9.15. The summed E-state index contributed by atoms with van der Waals surface area (Å²) in [6.07, 6.45) is 8.50. The molecule has 4 aromatic heterocycles. The molecular formula is C36H33F3N8O2. The van der Waals surface area contributed by atoms with Crippen LogP contribution in [0.2, 0.25) is 0 Å². The van der Waals surface area contributed by atoms with E-state index in [0.29, 0.717) is 36.4 Å². The highest BCUT2D eigenvalue weighted by Crippen LogP contribution is 2.46. The summed E-state index contributed by atoms with van der Waals surface area (Å²) in [4.78, 5) is 22.1. The van der Waals surface area contributed by atoms with Gasteiger partial charge in [-0.15, -0.1) is 6.42 Å². The van der Waals surface area contributed by atoms with Crippen LogP contribution in [0.1, 0.15) is 43.4 Å². The molecule has 0 saturated carbocycles. The van der Waals surface area contributed by atoms with Gasteiger partial charge in [0.05, 0.1) is 40.3 Å². The molecule has 0 radical (unpaired) electrons. The molecule has 49 heavy (non-hydrogen) atoms. The number of aromatic nitrogens is 4. The van der Waals surface area contributed by atoms with E-state index in [2.05, 4.69) is 30.8 Å². The smallest absolute Gasteiger partial charge is 0.225 e. The third kappa shape index (κ3) is 5.01. The molecule has 0 unspecified atom stereocenters. The number of nitrogens with two attached hydrogens (primary N) is 2. The van der Waals surface area contributed by atoms with Gasteiger partial charge in [0.25, 0.3) is 0 Å². The maximum absolute atomic E-state index is 17.2. The molecule has 3 aliphatic heterocycles. The largest absolute Gasteiger partial charge is 0.476 e. The molecule has 250 valence electrons. The van der Waals surface area contributed by atoms with Crippen molar-refractivity contribution >= 4 is 39.1 Å². The van der Waals surface area contributed by atoms with Crippen LogP contribution < -0.4 is 25.8 Å². The summed E-state index contributed by atoms with van der Waals surface area (Å²) >= 11 is 0. The molecule has 10 nitrogen and oxygen atoms in total. The normalized spacial score (nSPS) is 21.0. The molecule has 7 heterocycles. The predicted octanol–water partition coefficient (Wildman–Crippen LogP) is 5.58. The number of halogens is 3. The van der Waals surface area contributed by atoms with E-state index >= 15 is 4.39 Å². The first-order chi connectivity index (χ1) is 23.7. The quantitative estimate of drug-likeness (QED) is 0.222. The van der Waals surface area contributed by atoms with Crippen LogP contribution in [0.25, 0.3) is 33.1 Å². The molecule has 3 aliphatic rings. The molecular weight excluding hydrogens is 633 g/mol. The van der Waals surface area contributed by atoms with Crippen molar-refractivity contribution in [2.75, 3.05) is 49.2 Å². The number of terminal acetylenes is 1. The van der Waals surface area contributed by atoms with Gasteiger partial charge >= 0.3 is 0 Å². The number of benzene rings is 1. The Balaban J connectivity index is 1.34. The van der Waals surface area contributed by atoms with E-state index in [1.54, 1.807) is 18.3 Å². The number of alkyl halides is 1. The lowest BCUT2D eigenvalue weighted by atomic mass is 9.95. The summed E-state index contributed by atoms with van der Waals surface area (Å²) in [5, 5.41) is 0.501. The predicted molar refractivity (Wildman–Crippen MR) is 181 cm³/mol. The fourth-order valence-electron chi connectivity index (χ4n) is 7.80. The topological polar surface area (TPSA) is 129 Å². The van der Waals surface area contributed by atoms with E-state index < -0.39 is 23.3 Å². The van der Waals surface area contributed by atoms with Crippen molar-refractivity contribution in [3.05, 3.63) is 65.4 Å². The highest BCUT2D eigenvalue weighted by Gasteiger charge is 2.49. The van der Waals surface area contributed by atoms with Gasteiger partial charge < -0.3 is 25.8 Å². The van der Waals surface area contributed by atoms with Gasteiger partial charge in [-0.25, -0.2) is 33.1 Å². The van der Waals surface area contributed by atoms with Gasteiger partial charge in [0.2, 0.25) is 11.8 Å². The summed E-state index contributed by atoms with van der Waals surface area (Å²) in [5.74, 6) is 1.59. The van der Waals surface area contributed by atoms with Crippen molar-refractivity contribution in [3.63, 3.8) is 0 Å². The number of ether oxygens (including phenoxy) is 2. The van der Waals surface area contributed by atoms with Crippen LogP contribution in [0.4, 0.5) is 30.5 Å². The van der Waals surface area contributed by atoms with Crippen molar-refractivity contribution in [2.24, 2.45) is 0 Å². The summed E-state index contributed by atoms with van der Waals surface area (Å²) in [6.45, 7) is 3.88. The lowest BCUT2D eigenvalue weighted by Crippen LogP contribution is -2.43. The molecule has 2 saturated heterocycles. The van der Waals surface area contributed by atoms with Gasteiger partial charge in [0, 0.05) is 41.7 Å². The fraction of sp³-hybridized carbons (Fsp3) is 0.333. The van der Waals surface area contributed by atoms with Crippen LogP contribution >= 0.6 is 0 Å². The Labute approximate surface area is 280 Å². The molecule has 0 amide bonds. The molecule has 0 bridgehead atoms. The standard InChI is InChI=1S/C36H33F3N8O2/c1-3-21-24(38)7-8-25-29(21)23(14-27(40)43-25)32-31(39)33-30-26(15-28(44-33)49-18-36-9-5-11-46(36)17-20(37)16-36)47(12-13-48-35(30)45-32)19(2)22-6-4-10-42-34(22)41/h1,4,6-8,10,14-15,19-20H,5,9,11-13,16-18H2,2H3,(H2,40,43)(H2,41,42)/t19-,20-,36+/m1/s1. The number of hydrogen-bond donors (Lipinski definition) is 2. The average molecular weight is 667 g/mol. The molecule has 4 N–H and O–H groups in total. The van der Waals surface area contributed by atoms with Crippen molar-refractivity contribution in [1.82, 2.24) is 24.8 Å². The molecule has 3 atom stereocenters. The zero-order valence-corrected chi connectivity index (χ0v) is 26.7. The van der Waals surface area contributed by atoms with Crippen molar-refractivity contribution in [3.8, 4) is 35.4 Å². The van der Waals surface area contributed by atoms with Crippen LogP contribution in [0.15, 0.2) is 42.6 Å². The SMILES string of the molecule is C#Cc1c(F)ccc2nc(N)cc(-c3nc4c5c(cc(OC[C@@]67CCCN6C[C@H](F)C7)nc5c3F)N([C@H](C)c3cccnc3N)CCO4)c12. The van der Waals surface area contributed by atoms with Crippen molar-refractivity contribution < 1.29 is 22.6 Å². The van der Waals surface area contributed by atoms with Gasteiger partial charge in [-0.3, -0.25) is 4.90 Å². The zero-order chi connectivity index (χ0) is 34.0. The number of rotatable bonds is 6. The molecule has 8 rings (SSSR count). The molecule has 2 fully saturated rings. The Morgan fingerprint density at radius 3 is 2.82 bits per heavy atom. The minimum atomic E-state index is -0.939. The Kier molecular flexibility index (Phi) is 7.37. The van der Waals surface area contributed by atoms with E-state index in [1.165, 1.54) is 18.2 Å². The van der Waals surface area contributed by atoms with Crippen LogP contribution in [0.5, 0.6) is 11.8 Å². The number of hydrogen-bond acceptors (Lipinski definition) is 10. The lowest BCUT2D eigenvalue weighted by Gasteiger charge is -2.32. The molecule has 13 heteroatoms. The number of fused-ring (bicyclic) bond motifs is 2. The third-order valence-electron chi connectivity index (χ3n) is 10.1. The number of anilines is 3. The number of nitrogen functional groups attached to an aromatic ring is 2. The van der Waals surface area contributed by atoms with E-state index in [1.807, 2.05) is 17.9 Å². The minimum absolute atomic E-state index is 0.0630. The molecule has 1 aromatic carbocycles. The summed E-state index contributed by atoms with van der Waals surface area (Å²) in [5.41, 5.74) is 13.4. The second-order valence-electron chi connectivity index (χ2n) is 12.9. The minimum Gasteiger partial charge on any atom is -0.476 e. The highest BCUT2D eigenvalue weighted by atomic mass is 19.1. The van der Waals surface area contributed by atoms with Crippen LogP contribution in [0, 0.1) is 24.0 Å². The maximum atomic E-state index is 17.2. The van der Waals surface area contributed by atoms with E-state index in [0.717, 1.165) is 24.9 Å². The van der Waals surface area contributed by atoms with E-state index in [4.69, 9.17) is 27.4 Å². The lowest BCUT2D eigenvalue weighted by molar-refractivity contribution is 0.111. The van der Waals surface area contributed by atoms with Crippen LogP contribution in [0.3, 0.4) is 0 Å². The first-order valence-corrected chi connectivity index (χ1v) is 16.2. The van der Waals surface area contributed by atoms with Crippen LogP contribution in [-0.4, -0.2) is 69.4 Å². The maximum Gasteiger partial charge on any atom is 0.225 e. The molecule has 0 spiro atoms. The summed E-state index contributed by atoms with van der Waals surface area (Å²) in [7, 11) is 0. The second-order valence-corrected chi connectivity index (χ2v) is 12.9. The Hall–Kier alpha value is -5.35. The van der Waals surface area contributed by atoms with Gasteiger partial charge in [0.15, 0.2) is 5.82 Å². The summed E-state index contributed by atoms with van der Waals surface area (Å²) < 4.78 is 59.3. The highest BCUT2D eigenvalue weighted by molar-refractivity contribution is 6.03. The fourth-order valence-corrected chi connectivity index (χ4v) is 7.80. The zero-order valence-electron chi connectivity index (χ0n) is 26.7. The van der Waals surface area contributed by atoms with Crippen molar-refractivity contribution in [2.45, 2.75) is 43.9 Å². The van der Waals surface area contributed by atoms with Crippen LogP contribution in [-0.2, 0) is 0 Å². The number of nitrogens with zero attached hydrogens (tertiary/aromatic N) is 6. The monoisotopic (exact) mass is 666 g/mol. The van der Waals surface area contributed by atoms with E-state index in [-0.39, 0.29) is 70.1 Å². The Morgan fingerprint density at radius 2 is 2.00 bits per heavy atom. The Bertz CT molecular complexity index is 2190. The van der Waals surface area contributed by atoms with Crippen molar-refractivity contribution in [1.29, 1.82) is 0 Å². The molecule has 5 aromatic rings. The molecule has 0 aliphatic carbocycles. The second kappa shape index (κ2) is 11.7. The Morgan fingerprint density at radius 1 is 1.14 bits per heavy atom. The first kappa shape index (κ1) is 31.0. The average Bonchev–Trinajstić information content (AvgIpc) is 3.55. The van der Waals surface area contributed by atoms with E-state index in [9.17, 15) is 8.78 Å². The van der Waals surface area contributed by atoms with Gasteiger partial charge in [-0.2, -0.15) is 0 Å². The first-order valence-electron chi connectivity index (χ1n) is 16.2. The van der Waals surface area contributed by atoms with Gasteiger partial charge in [-0.05, 0) is 50.6 Å².